The Balaban J connectivity index is 1.59. The van der Waals surface area contributed by atoms with Crippen LogP contribution in [-0.2, 0) is 6.54 Å². The third-order valence-electron chi connectivity index (χ3n) is 5.52. The van der Waals surface area contributed by atoms with Gasteiger partial charge in [-0.15, -0.1) is 5.10 Å². The lowest BCUT2D eigenvalue weighted by molar-refractivity contribution is 0.446. The summed E-state index contributed by atoms with van der Waals surface area (Å²) in [7, 11) is 0. The fourth-order valence-electron chi connectivity index (χ4n) is 3.95. The van der Waals surface area contributed by atoms with Crippen molar-refractivity contribution in [1.29, 1.82) is 0 Å². The first-order valence-electron chi connectivity index (χ1n) is 10.7. The molecule has 0 bridgehead atoms. The van der Waals surface area contributed by atoms with E-state index < -0.39 is 0 Å². The van der Waals surface area contributed by atoms with Crippen LogP contribution in [0, 0.1) is 0 Å². The van der Waals surface area contributed by atoms with Gasteiger partial charge in [0.2, 0.25) is 0 Å². The molecule has 7 heteroatoms. The first-order chi connectivity index (χ1) is 16.3. The summed E-state index contributed by atoms with van der Waals surface area (Å²) in [5.41, 5.74) is 3.19. The molecule has 5 rings (SSSR count). The summed E-state index contributed by atoms with van der Waals surface area (Å²) in [6.07, 6.45) is 1.67. The van der Waals surface area contributed by atoms with E-state index in [2.05, 4.69) is 45.1 Å². The maximum absolute atomic E-state index is 6.16. The summed E-state index contributed by atoms with van der Waals surface area (Å²) in [5.74, 6) is 1.53. The number of hydrogen-bond donors (Lipinski definition) is 1. The molecule has 0 saturated carbocycles. The molecule has 2 aromatic heterocycles. The summed E-state index contributed by atoms with van der Waals surface area (Å²) in [6, 6.07) is 31.6. The third kappa shape index (κ3) is 4.72. The van der Waals surface area contributed by atoms with Gasteiger partial charge >= 0.3 is 0 Å². The highest BCUT2D eigenvalue weighted by molar-refractivity contribution is 6.30. The topological polar surface area (TPSA) is 68.8 Å². The van der Waals surface area contributed by atoms with Crippen LogP contribution in [0.25, 0.3) is 0 Å². The van der Waals surface area contributed by atoms with E-state index in [-0.39, 0.29) is 12.1 Å². The fraction of sp³-hybridized carbons (Fsp3) is 0.115. The molecule has 0 aliphatic carbocycles. The Kier molecular flexibility index (Phi) is 6.28. The number of nitrogens with one attached hydrogen (secondary N) is 1. The smallest absolute Gasteiger partial charge is 0.173 e. The van der Waals surface area contributed by atoms with Gasteiger partial charge in [0.15, 0.2) is 5.82 Å². The van der Waals surface area contributed by atoms with Crippen molar-refractivity contribution in [2.24, 2.45) is 0 Å². The molecule has 0 aliphatic heterocycles. The summed E-state index contributed by atoms with van der Waals surface area (Å²) in [5, 5.41) is 17.2. The molecule has 3 aromatic carbocycles. The lowest BCUT2D eigenvalue weighted by Gasteiger charge is -2.24. The zero-order valence-electron chi connectivity index (χ0n) is 17.8. The van der Waals surface area contributed by atoms with Crippen LogP contribution in [0.2, 0.25) is 5.02 Å². The van der Waals surface area contributed by atoms with E-state index in [0.717, 1.165) is 22.5 Å². The monoisotopic (exact) mass is 455 g/mol. The van der Waals surface area contributed by atoms with Crippen molar-refractivity contribution in [2.45, 2.75) is 18.6 Å². The van der Waals surface area contributed by atoms with Crippen molar-refractivity contribution in [1.82, 2.24) is 25.5 Å². The summed E-state index contributed by atoms with van der Waals surface area (Å²) >= 11 is 6.16. The zero-order valence-corrected chi connectivity index (χ0v) is 18.5. The summed E-state index contributed by atoms with van der Waals surface area (Å²) < 4.78 is 7.42. The molecule has 0 saturated heterocycles. The Labute approximate surface area is 196 Å². The molecule has 5 aromatic rings. The van der Waals surface area contributed by atoms with Gasteiger partial charge in [0.25, 0.3) is 0 Å². The number of furan rings is 1. The minimum absolute atomic E-state index is 0.183. The minimum atomic E-state index is -0.280. The van der Waals surface area contributed by atoms with Crippen LogP contribution >= 0.6 is 11.6 Å². The van der Waals surface area contributed by atoms with Gasteiger partial charge in [0, 0.05) is 5.02 Å². The van der Waals surface area contributed by atoms with Gasteiger partial charge in [-0.05, 0) is 51.4 Å². The second-order valence-corrected chi connectivity index (χ2v) is 8.09. The first-order valence-corrected chi connectivity index (χ1v) is 11.1. The number of tetrazole rings is 1. The first kappa shape index (κ1) is 21.1. The number of aromatic nitrogens is 4. The average molecular weight is 456 g/mol. The van der Waals surface area contributed by atoms with Gasteiger partial charge in [0.1, 0.15) is 11.8 Å². The van der Waals surface area contributed by atoms with Crippen molar-refractivity contribution in [3.63, 3.8) is 0 Å². The molecule has 1 atom stereocenters. The van der Waals surface area contributed by atoms with Gasteiger partial charge in [-0.3, -0.25) is 5.32 Å². The number of rotatable bonds is 8. The lowest BCUT2D eigenvalue weighted by Crippen LogP contribution is -2.27. The molecule has 1 N–H and O–H groups in total. The molecule has 0 aliphatic rings. The van der Waals surface area contributed by atoms with Crippen molar-refractivity contribution >= 4 is 11.6 Å². The van der Waals surface area contributed by atoms with Crippen LogP contribution in [0.5, 0.6) is 0 Å². The average Bonchev–Trinajstić information content (AvgIpc) is 3.55. The van der Waals surface area contributed by atoms with Gasteiger partial charge in [-0.2, -0.15) is 0 Å². The number of nitrogens with zero attached hydrogens (tertiary/aromatic N) is 4. The Morgan fingerprint density at radius 1 is 0.788 bits per heavy atom. The molecule has 0 fully saturated rings. The van der Waals surface area contributed by atoms with E-state index in [1.54, 1.807) is 6.26 Å². The van der Waals surface area contributed by atoms with Crippen LogP contribution in [0.15, 0.2) is 108 Å². The predicted octanol–water partition coefficient (Wildman–Crippen LogP) is 5.44. The number of benzene rings is 3. The largest absolute Gasteiger partial charge is 0.468 e. The highest BCUT2D eigenvalue weighted by Gasteiger charge is 2.27. The molecular weight excluding hydrogens is 434 g/mol. The Bertz CT molecular complexity index is 1230. The zero-order chi connectivity index (χ0) is 22.5. The maximum Gasteiger partial charge on any atom is 0.173 e. The minimum Gasteiger partial charge on any atom is -0.468 e. The quantitative estimate of drug-likeness (QED) is 0.337. The van der Waals surface area contributed by atoms with Gasteiger partial charge < -0.3 is 4.42 Å². The second-order valence-electron chi connectivity index (χ2n) is 7.65. The molecule has 164 valence electrons. The molecule has 33 heavy (non-hydrogen) atoms. The summed E-state index contributed by atoms with van der Waals surface area (Å²) in [6.45, 7) is 0.522. The molecule has 6 nitrogen and oxygen atoms in total. The third-order valence-corrected chi connectivity index (χ3v) is 5.77. The number of halogens is 1. The second kappa shape index (κ2) is 9.81. The van der Waals surface area contributed by atoms with Crippen LogP contribution in [0.4, 0.5) is 0 Å². The normalized spacial score (nSPS) is 12.2. The Morgan fingerprint density at radius 3 is 2.06 bits per heavy atom. The van der Waals surface area contributed by atoms with Crippen molar-refractivity contribution in [3.8, 4) is 0 Å². The van der Waals surface area contributed by atoms with E-state index in [0.29, 0.717) is 17.4 Å². The maximum atomic E-state index is 6.16. The Morgan fingerprint density at radius 2 is 1.45 bits per heavy atom. The molecular formula is C26H22ClN5O. The van der Waals surface area contributed by atoms with Crippen molar-refractivity contribution in [3.05, 3.63) is 137 Å². The number of hydrogen-bond acceptors (Lipinski definition) is 5. The van der Waals surface area contributed by atoms with Gasteiger partial charge in [-0.1, -0.05) is 84.4 Å². The molecule has 2 heterocycles. The predicted molar refractivity (Wildman–Crippen MR) is 127 cm³/mol. The van der Waals surface area contributed by atoms with Crippen molar-refractivity contribution in [2.75, 3.05) is 0 Å². The molecule has 0 amide bonds. The van der Waals surface area contributed by atoms with Crippen molar-refractivity contribution < 1.29 is 4.42 Å². The van der Waals surface area contributed by atoms with Crippen LogP contribution in [-0.4, -0.2) is 20.2 Å². The van der Waals surface area contributed by atoms with Crippen LogP contribution in [0.3, 0.4) is 0 Å². The van der Waals surface area contributed by atoms with Gasteiger partial charge in [0.05, 0.1) is 18.8 Å². The highest BCUT2D eigenvalue weighted by atomic mass is 35.5. The van der Waals surface area contributed by atoms with E-state index in [1.165, 1.54) is 0 Å². The lowest BCUT2D eigenvalue weighted by atomic mass is 9.98. The highest BCUT2D eigenvalue weighted by Crippen LogP contribution is 2.30. The van der Waals surface area contributed by atoms with E-state index in [1.807, 2.05) is 77.5 Å². The fourth-order valence-corrected chi connectivity index (χ4v) is 4.08. The van der Waals surface area contributed by atoms with E-state index in [9.17, 15) is 0 Å². The van der Waals surface area contributed by atoms with Crippen LogP contribution in [0.1, 0.15) is 40.4 Å². The SMILES string of the molecule is Clc1ccc([C@H](NCc2ccco2)c2nnnn2C(c2ccccc2)c2ccccc2)cc1. The Hall–Kier alpha value is -3.74. The molecule has 0 radical (unpaired) electrons. The molecule has 0 spiro atoms. The van der Waals surface area contributed by atoms with Crippen LogP contribution < -0.4 is 5.32 Å². The summed E-state index contributed by atoms with van der Waals surface area (Å²) in [4.78, 5) is 0. The van der Waals surface area contributed by atoms with Gasteiger partial charge in [-0.25, -0.2) is 4.68 Å². The van der Waals surface area contributed by atoms with E-state index in [4.69, 9.17) is 16.0 Å². The standard InChI is InChI=1S/C26H22ClN5O/c27-22-15-13-19(14-16-22)24(28-18-23-12-7-17-33-23)26-29-30-31-32(26)25(20-8-3-1-4-9-20)21-10-5-2-6-11-21/h1-17,24-25,28H,18H2/t24-/m0/s1. The molecule has 0 unspecified atom stereocenters. The van der Waals surface area contributed by atoms with E-state index >= 15 is 0 Å².